The molecule has 0 saturated carbocycles. The normalized spacial score (nSPS) is 21.6. The summed E-state index contributed by atoms with van der Waals surface area (Å²) in [5.74, 6) is 1.45. The minimum atomic E-state index is 0.453. The molecular weight excluding hydrogens is 216 g/mol. The first-order chi connectivity index (χ1) is 8.11. The number of likely N-dealkylation sites (N-methyl/N-ethyl adjacent to an activating group) is 1. The lowest BCUT2D eigenvalue weighted by Crippen LogP contribution is -2.50. The van der Waals surface area contributed by atoms with E-state index in [1.807, 2.05) is 12.1 Å². The van der Waals surface area contributed by atoms with Gasteiger partial charge in [-0.05, 0) is 26.1 Å². The maximum Gasteiger partial charge on any atom is 0.238 e. The van der Waals surface area contributed by atoms with Crippen molar-refractivity contribution in [3.63, 3.8) is 0 Å². The van der Waals surface area contributed by atoms with Gasteiger partial charge >= 0.3 is 0 Å². The molecule has 2 rings (SSSR count). The van der Waals surface area contributed by atoms with Gasteiger partial charge in [-0.25, -0.2) is 0 Å². The second kappa shape index (κ2) is 4.79. The summed E-state index contributed by atoms with van der Waals surface area (Å²) in [6.07, 6.45) is 0. The first-order valence-electron chi connectivity index (χ1n) is 5.87. The zero-order valence-electron chi connectivity index (χ0n) is 10.7. The van der Waals surface area contributed by atoms with Gasteiger partial charge in [-0.15, -0.1) is 0 Å². The third kappa shape index (κ3) is 2.44. The molecule has 0 spiro atoms. The molecule has 1 aromatic heterocycles. The highest BCUT2D eigenvalue weighted by Crippen LogP contribution is 2.25. The van der Waals surface area contributed by atoms with Crippen molar-refractivity contribution in [1.82, 2.24) is 9.88 Å². The summed E-state index contributed by atoms with van der Waals surface area (Å²) in [4.78, 5) is 9.07. The van der Waals surface area contributed by atoms with Crippen LogP contribution in [0.15, 0.2) is 12.1 Å². The number of hydrogen-bond donors (Lipinski definition) is 1. The molecular formula is C12H20N4O. The molecule has 1 unspecified atom stereocenters. The Morgan fingerprint density at radius 3 is 2.82 bits per heavy atom. The van der Waals surface area contributed by atoms with E-state index in [-0.39, 0.29) is 0 Å². The zero-order valence-corrected chi connectivity index (χ0v) is 10.7. The molecule has 1 atom stereocenters. The molecule has 94 valence electrons. The van der Waals surface area contributed by atoms with Crippen molar-refractivity contribution < 1.29 is 4.74 Å². The molecule has 1 fully saturated rings. The van der Waals surface area contributed by atoms with Crippen molar-refractivity contribution in [2.45, 2.75) is 13.0 Å². The summed E-state index contributed by atoms with van der Waals surface area (Å²) in [5, 5.41) is 0. The Hall–Kier alpha value is -1.49. The molecule has 0 amide bonds. The van der Waals surface area contributed by atoms with E-state index in [1.54, 1.807) is 7.11 Å². The van der Waals surface area contributed by atoms with Gasteiger partial charge in [-0.3, -0.25) is 0 Å². The SMILES string of the molecule is COc1nc(N2CCN(C)CC2C)ccc1N. The maximum atomic E-state index is 5.77. The van der Waals surface area contributed by atoms with E-state index < -0.39 is 0 Å². The van der Waals surface area contributed by atoms with E-state index in [4.69, 9.17) is 10.5 Å². The number of pyridine rings is 1. The van der Waals surface area contributed by atoms with Crippen LogP contribution >= 0.6 is 0 Å². The molecule has 1 saturated heterocycles. The average Bonchev–Trinajstić information content (AvgIpc) is 2.30. The van der Waals surface area contributed by atoms with Crippen LogP contribution < -0.4 is 15.4 Å². The second-order valence-electron chi connectivity index (χ2n) is 4.57. The first kappa shape index (κ1) is 12.0. The maximum absolute atomic E-state index is 5.77. The quantitative estimate of drug-likeness (QED) is 0.823. The minimum Gasteiger partial charge on any atom is -0.479 e. The predicted octanol–water partition coefficient (Wildman–Crippen LogP) is 0.813. The van der Waals surface area contributed by atoms with Gasteiger partial charge in [-0.2, -0.15) is 4.98 Å². The fourth-order valence-electron chi connectivity index (χ4n) is 2.25. The molecule has 0 radical (unpaired) electrons. The van der Waals surface area contributed by atoms with Crippen molar-refractivity contribution in [2.75, 3.05) is 44.4 Å². The van der Waals surface area contributed by atoms with E-state index in [0.29, 0.717) is 17.6 Å². The molecule has 0 bridgehead atoms. The molecule has 2 heterocycles. The van der Waals surface area contributed by atoms with Crippen LogP contribution in [0.5, 0.6) is 5.88 Å². The Balaban J connectivity index is 2.22. The highest BCUT2D eigenvalue weighted by molar-refractivity contribution is 5.55. The summed E-state index contributed by atoms with van der Waals surface area (Å²) in [5.41, 5.74) is 6.35. The van der Waals surface area contributed by atoms with E-state index in [9.17, 15) is 0 Å². The van der Waals surface area contributed by atoms with Crippen molar-refractivity contribution in [3.8, 4) is 5.88 Å². The number of anilines is 2. The molecule has 5 heteroatoms. The Kier molecular flexibility index (Phi) is 3.38. The topological polar surface area (TPSA) is 54.6 Å². The number of nitrogen functional groups attached to an aromatic ring is 1. The number of ether oxygens (including phenoxy) is 1. The lowest BCUT2D eigenvalue weighted by Gasteiger charge is -2.39. The predicted molar refractivity (Wildman–Crippen MR) is 69.5 cm³/mol. The number of aromatic nitrogens is 1. The van der Waals surface area contributed by atoms with Crippen molar-refractivity contribution in [3.05, 3.63) is 12.1 Å². The van der Waals surface area contributed by atoms with Gasteiger partial charge in [0.2, 0.25) is 5.88 Å². The molecule has 1 aromatic rings. The minimum absolute atomic E-state index is 0.453. The molecule has 1 aliphatic heterocycles. The number of rotatable bonds is 2. The van der Waals surface area contributed by atoms with Gasteiger partial charge in [0.25, 0.3) is 0 Å². The third-order valence-corrected chi connectivity index (χ3v) is 3.19. The molecule has 0 aromatic carbocycles. The number of nitrogens with zero attached hydrogens (tertiary/aromatic N) is 3. The van der Waals surface area contributed by atoms with E-state index in [0.717, 1.165) is 25.5 Å². The van der Waals surface area contributed by atoms with Crippen molar-refractivity contribution in [2.24, 2.45) is 0 Å². The highest BCUT2D eigenvalue weighted by Gasteiger charge is 2.23. The van der Waals surface area contributed by atoms with Crippen LogP contribution in [0.2, 0.25) is 0 Å². The van der Waals surface area contributed by atoms with Gasteiger partial charge in [0.15, 0.2) is 0 Å². The Morgan fingerprint density at radius 1 is 1.41 bits per heavy atom. The summed E-state index contributed by atoms with van der Waals surface area (Å²) in [6, 6.07) is 4.26. The average molecular weight is 236 g/mol. The van der Waals surface area contributed by atoms with Gasteiger partial charge in [0.1, 0.15) is 5.82 Å². The molecule has 1 aliphatic rings. The molecule has 17 heavy (non-hydrogen) atoms. The summed E-state index contributed by atoms with van der Waals surface area (Å²) in [6.45, 7) is 5.30. The van der Waals surface area contributed by atoms with E-state index >= 15 is 0 Å². The van der Waals surface area contributed by atoms with Crippen molar-refractivity contribution in [1.29, 1.82) is 0 Å². The lowest BCUT2D eigenvalue weighted by atomic mass is 10.2. The van der Waals surface area contributed by atoms with Gasteiger partial charge < -0.3 is 20.3 Å². The van der Waals surface area contributed by atoms with Crippen LogP contribution in [0.4, 0.5) is 11.5 Å². The summed E-state index contributed by atoms with van der Waals surface area (Å²) < 4.78 is 5.16. The van der Waals surface area contributed by atoms with Crippen LogP contribution in [0.1, 0.15) is 6.92 Å². The Morgan fingerprint density at radius 2 is 2.18 bits per heavy atom. The highest BCUT2D eigenvalue weighted by atomic mass is 16.5. The standard InChI is InChI=1S/C12H20N4O/c1-9-8-15(2)6-7-16(9)11-5-4-10(13)12(14-11)17-3/h4-5,9H,6-8,13H2,1-3H3. The van der Waals surface area contributed by atoms with Crippen LogP contribution in [-0.4, -0.2) is 49.7 Å². The smallest absolute Gasteiger partial charge is 0.238 e. The zero-order chi connectivity index (χ0) is 12.4. The van der Waals surface area contributed by atoms with Crippen LogP contribution in [0.25, 0.3) is 0 Å². The first-order valence-corrected chi connectivity index (χ1v) is 5.87. The van der Waals surface area contributed by atoms with Crippen LogP contribution in [0.3, 0.4) is 0 Å². The number of hydrogen-bond acceptors (Lipinski definition) is 5. The Bertz CT molecular complexity index is 396. The molecule has 5 nitrogen and oxygen atoms in total. The number of methoxy groups -OCH3 is 1. The largest absolute Gasteiger partial charge is 0.479 e. The van der Waals surface area contributed by atoms with E-state index in [1.165, 1.54) is 0 Å². The molecule has 2 N–H and O–H groups in total. The van der Waals surface area contributed by atoms with Crippen LogP contribution in [0, 0.1) is 0 Å². The second-order valence-corrected chi connectivity index (χ2v) is 4.57. The van der Waals surface area contributed by atoms with E-state index in [2.05, 4.69) is 28.8 Å². The lowest BCUT2D eigenvalue weighted by molar-refractivity contribution is 0.274. The monoisotopic (exact) mass is 236 g/mol. The molecule has 0 aliphatic carbocycles. The fraction of sp³-hybridized carbons (Fsp3) is 0.583. The summed E-state index contributed by atoms with van der Waals surface area (Å²) in [7, 11) is 3.74. The third-order valence-electron chi connectivity index (χ3n) is 3.19. The van der Waals surface area contributed by atoms with Crippen molar-refractivity contribution >= 4 is 11.5 Å². The Labute approximate surface area is 102 Å². The fourth-order valence-corrected chi connectivity index (χ4v) is 2.25. The van der Waals surface area contributed by atoms with Gasteiger partial charge in [0.05, 0.1) is 12.8 Å². The number of nitrogens with two attached hydrogens (primary N) is 1. The van der Waals surface area contributed by atoms with Gasteiger partial charge in [0, 0.05) is 25.7 Å². The van der Waals surface area contributed by atoms with Crippen LogP contribution in [-0.2, 0) is 0 Å². The number of piperazine rings is 1. The van der Waals surface area contributed by atoms with Gasteiger partial charge in [-0.1, -0.05) is 0 Å². The summed E-state index contributed by atoms with van der Waals surface area (Å²) >= 11 is 0.